The molecule has 0 aliphatic rings. The second kappa shape index (κ2) is 5.12. The van der Waals surface area contributed by atoms with Gasteiger partial charge in [-0.05, 0) is 13.0 Å². The van der Waals surface area contributed by atoms with E-state index in [2.05, 4.69) is 5.10 Å². The summed E-state index contributed by atoms with van der Waals surface area (Å²) in [7, 11) is 0. The number of aryl methyl sites for hydroxylation is 1. The van der Waals surface area contributed by atoms with Gasteiger partial charge in [0, 0.05) is 12.7 Å². The van der Waals surface area contributed by atoms with Gasteiger partial charge in [-0.15, -0.1) is 12.4 Å². The Bertz CT molecular complexity index is 646. The molecule has 2 rings (SSSR count). The molecule has 5 nitrogen and oxygen atoms in total. The molecule has 0 bridgehead atoms. The van der Waals surface area contributed by atoms with Gasteiger partial charge in [0.05, 0.1) is 5.52 Å². The number of pyridine rings is 1. The summed E-state index contributed by atoms with van der Waals surface area (Å²) in [5.41, 5.74) is 5.23. The van der Waals surface area contributed by atoms with Crippen molar-refractivity contribution in [1.29, 1.82) is 0 Å². The summed E-state index contributed by atoms with van der Waals surface area (Å²) < 4.78 is 38.9. The number of rotatable bonds is 2. The molecule has 0 aromatic carbocycles. The molecule has 106 valence electrons. The van der Waals surface area contributed by atoms with Gasteiger partial charge in [0.1, 0.15) is 11.9 Å². The minimum Gasteiger partial charge on any atom is -0.382 e. The normalized spacial score (nSPS) is 11.6. The number of nitrogens with zero attached hydrogens (tertiary/aromatic N) is 3. The lowest BCUT2D eigenvalue weighted by molar-refractivity contribution is -0.141. The Balaban J connectivity index is 0.00000180. The highest BCUT2D eigenvalue weighted by molar-refractivity contribution is 5.88. The van der Waals surface area contributed by atoms with E-state index < -0.39 is 18.3 Å². The summed E-state index contributed by atoms with van der Waals surface area (Å²) in [6.45, 7) is 0.946. The van der Waals surface area contributed by atoms with Crippen molar-refractivity contribution in [2.45, 2.75) is 26.2 Å². The lowest BCUT2D eigenvalue weighted by atomic mass is 10.3. The maximum absolute atomic E-state index is 12.3. The molecule has 19 heavy (non-hydrogen) atoms. The summed E-state index contributed by atoms with van der Waals surface area (Å²) >= 11 is 0. The molecule has 2 heterocycles. The van der Waals surface area contributed by atoms with Gasteiger partial charge >= 0.3 is 6.18 Å². The average Bonchev–Trinajstić information content (AvgIpc) is 2.58. The number of alkyl halides is 3. The third-order valence-electron chi connectivity index (χ3n) is 2.56. The lowest BCUT2D eigenvalue weighted by Gasteiger charge is -2.09. The van der Waals surface area contributed by atoms with Crippen molar-refractivity contribution in [2.75, 3.05) is 5.73 Å². The van der Waals surface area contributed by atoms with Gasteiger partial charge in [-0.1, -0.05) is 0 Å². The van der Waals surface area contributed by atoms with E-state index in [1.54, 1.807) is 6.92 Å². The van der Waals surface area contributed by atoms with Crippen LogP contribution in [-0.2, 0) is 13.1 Å². The zero-order valence-corrected chi connectivity index (χ0v) is 10.8. The molecule has 2 N–H and O–H groups in total. The van der Waals surface area contributed by atoms with Crippen molar-refractivity contribution < 1.29 is 13.2 Å². The standard InChI is InChI=1S/C10H11F3N4O.ClH/c1-2-17-6-3-4-16(5-10(11,12)13)9(18)7(6)8(14)15-17;/h3-4H,2,5H2,1H3,(H2,14,15);1H. The van der Waals surface area contributed by atoms with Crippen LogP contribution in [0, 0.1) is 0 Å². The molecule has 0 saturated heterocycles. The second-order valence-corrected chi connectivity index (χ2v) is 3.83. The molecule has 0 amide bonds. The number of nitrogen functional groups attached to an aromatic ring is 1. The van der Waals surface area contributed by atoms with Crippen LogP contribution in [0.5, 0.6) is 0 Å². The van der Waals surface area contributed by atoms with Crippen LogP contribution >= 0.6 is 12.4 Å². The van der Waals surface area contributed by atoms with Crippen molar-refractivity contribution in [2.24, 2.45) is 0 Å². The number of hydrogen-bond donors (Lipinski definition) is 1. The molecule has 0 unspecified atom stereocenters. The molecular weight excluding hydrogens is 285 g/mol. The molecule has 0 saturated carbocycles. The average molecular weight is 297 g/mol. The Morgan fingerprint density at radius 2 is 2.05 bits per heavy atom. The van der Waals surface area contributed by atoms with Crippen LogP contribution < -0.4 is 11.3 Å². The molecule has 0 aliphatic heterocycles. The monoisotopic (exact) mass is 296 g/mol. The second-order valence-electron chi connectivity index (χ2n) is 3.83. The number of fused-ring (bicyclic) bond motifs is 1. The predicted molar refractivity (Wildman–Crippen MR) is 67.4 cm³/mol. The summed E-state index contributed by atoms with van der Waals surface area (Å²) in [6.07, 6.45) is -3.35. The van der Waals surface area contributed by atoms with Gasteiger partial charge in [0.25, 0.3) is 5.56 Å². The van der Waals surface area contributed by atoms with Crippen molar-refractivity contribution >= 4 is 29.1 Å². The summed E-state index contributed by atoms with van der Waals surface area (Å²) in [4.78, 5) is 11.9. The van der Waals surface area contributed by atoms with Crippen LogP contribution in [-0.4, -0.2) is 20.5 Å². The minimum absolute atomic E-state index is 0. The summed E-state index contributed by atoms with van der Waals surface area (Å²) in [5, 5.41) is 3.94. The number of halogens is 4. The van der Waals surface area contributed by atoms with Gasteiger partial charge in [0.15, 0.2) is 5.82 Å². The van der Waals surface area contributed by atoms with Crippen LogP contribution in [0.4, 0.5) is 19.0 Å². The van der Waals surface area contributed by atoms with Crippen LogP contribution in [0.2, 0.25) is 0 Å². The Labute approximate surface area is 112 Å². The Morgan fingerprint density at radius 3 is 2.58 bits per heavy atom. The maximum atomic E-state index is 12.3. The van der Waals surface area contributed by atoms with Gasteiger partial charge in [-0.25, -0.2) is 0 Å². The van der Waals surface area contributed by atoms with Crippen molar-refractivity contribution in [3.05, 3.63) is 22.6 Å². The fourth-order valence-corrected chi connectivity index (χ4v) is 1.81. The third kappa shape index (κ3) is 2.83. The van der Waals surface area contributed by atoms with Crippen LogP contribution in [0.15, 0.2) is 17.1 Å². The smallest absolute Gasteiger partial charge is 0.382 e. The Hall–Kier alpha value is -1.70. The number of anilines is 1. The van der Waals surface area contributed by atoms with Crippen molar-refractivity contribution in [3.63, 3.8) is 0 Å². The zero-order valence-electron chi connectivity index (χ0n) is 9.94. The quantitative estimate of drug-likeness (QED) is 0.919. The fourth-order valence-electron chi connectivity index (χ4n) is 1.81. The molecule has 2 aromatic heterocycles. The fraction of sp³-hybridized carbons (Fsp3) is 0.400. The highest BCUT2D eigenvalue weighted by Crippen LogP contribution is 2.19. The highest BCUT2D eigenvalue weighted by atomic mass is 35.5. The predicted octanol–water partition coefficient (Wildman–Crippen LogP) is 1.78. The van der Waals surface area contributed by atoms with E-state index in [1.807, 2.05) is 0 Å². The Morgan fingerprint density at radius 1 is 1.42 bits per heavy atom. The molecule has 0 fully saturated rings. The van der Waals surface area contributed by atoms with Crippen LogP contribution in [0.1, 0.15) is 6.92 Å². The first-order valence-corrected chi connectivity index (χ1v) is 5.25. The van der Waals surface area contributed by atoms with Crippen LogP contribution in [0.3, 0.4) is 0 Å². The first-order valence-electron chi connectivity index (χ1n) is 5.25. The zero-order chi connectivity index (χ0) is 13.5. The first kappa shape index (κ1) is 15.4. The van der Waals surface area contributed by atoms with Gasteiger partial charge in [-0.2, -0.15) is 18.3 Å². The van der Waals surface area contributed by atoms with Crippen molar-refractivity contribution in [3.8, 4) is 0 Å². The number of aromatic nitrogens is 3. The van der Waals surface area contributed by atoms with E-state index in [9.17, 15) is 18.0 Å². The summed E-state index contributed by atoms with van der Waals surface area (Å²) in [5.74, 6) is -0.0478. The molecule has 0 aliphatic carbocycles. The maximum Gasteiger partial charge on any atom is 0.406 e. The van der Waals surface area contributed by atoms with E-state index in [0.717, 1.165) is 6.20 Å². The molecule has 0 radical (unpaired) electrons. The van der Waals surface area contributed by atoms with E-state index in [-0.39, 0.29) is 23.6 Å². The van der Waals surface area contributed by atoms with Crippen molar-refractivity contribution in [1.82, 2.24) is 14.3 Å². The highest BCUT2D eigenvalue weighted by Gasteiger charge is 2.29. The van der Waals surface area contributed by atoms with Crippen LogP contribution in [0.25, 0.3) is 10.9 Å². The summed E-state index contributed by atoms with van der Waals surface area (Å²) in [6, 6.07) is 1.41. The minimum atomic E-state index is -4.45. The number of nitrogens with two attached hydrogens (primary N) is 1. The van der Waals surface area contributed by atoms with E-state index in [1.165, 1.54) is 10.7 Å². The largest absolute Gasteiger partial charge is 0.406 e. The van der Waals surface area contributed by atoms with E-state index in [0.29, 0.717) is 16.6 Å². The lowest BCUT2D eigenvalue weighted by Crippen LogP contribution is -2.27. The van der Waals surface area contributed by atoms with E-state index in [4.69, 9.17) is 5.73 Å². The van der Waals surface area contributed by atoms with E-state index >= 15 is 0 Å². The molecule has 9 heteroatoms. The molecule has 0 spiro atoms. The van der Waals surface area contributed by atoms with Gasteiger partial charge in [0.2, 0.25) is 0 Å². The Kier molecular flexibility index (Phi) is 4.14. The van der Waals surface area contributed by atoms with Gasteiger partial charge < -0.3 is 10.3 Å². The molecular formula is C10H12ClF3N4O. The first-order chi connectivity index (χ1) is 8.33. The molecule has 2 aromatic rings. The SMILES string of the molecule is CCn1nc(N)c2c(=O)n(CC(F)(F)F)ccc21.Cl. The topological polar surface area (TPSA) is 65.8 Å². The third-order valence-corrected chi connectivity index (χ3v) is 2.56. The number of hydrogen-bond acceptors (Lipinski definition) is 3. The van der Waals surface area contributed by atoms with Gasteiger partial charge in [-0.3, -0.25) is 9.48 Å². The molecule has 0 atom stereocenters.